The molecule has 25 heavy (non-hydrogen) atoms. The Hall–Kier alpha value is -2.30. The molecule has 5 heteroatoms. The van der Waals surface area contributed by atoms with E-state index in [9.17, 15) is 4.39 Å². The lowest BCUT2D eigenvalue weighted by atomic mass is 9.96. The summed E-state index contributed by atoms with van der Waals surface area (Å²) in [6.07, 6.45) is 4.60. The Morgan fingerprint density at radius 1 is 1.36 bits per heavy atom. The smallest absolute Gasteiger partial charge is 0.146 e. The summed E-state index contributed by atoms with van der Waals surface area (Å²) in [5.74, 6) is 0.204. The van der Waals surface area contributed by atoms with Crippen LogP contribution >= 0.6 is 0 Å². The highest BCUT2D eigenvalue weighted by Crippen LogP contribution is 2.26. The lowest BCUT2D eigenvalue weighted by Gasteiger charge is -2.21. The van der Waals surface area contributed by atoms with Crippen LogP contribution in [0.5, 0.6) is 0 Å². The number of allylic oxidation sites excluding steroid dienone is 1. The minimum Gasteiger partial charge on any atom is -0.402 e. The number of benzene rings is 1. The van der Waals surface area contributed by atoms with E-state index in [1.165, 1.54) is 25.0 Å². The molecule has 1 atom stereocenters. The Balaban J connectivity index is 3.02. The van der Waals surface area contributed by atoms with Crippen molar-refractivity contribution in [3.05, 3.63) is 47.4 Å². The third-order valence-corrected chi connectivity index (χ3v) is 4.13. The van der Waals surface area contributed by atoms with E-state index in [0.717, 1.165) is 12.8 Å². The molecule has 0 amide bonds. The first kappa shape index (κ1) is 20.7. The van der Waals surface area contributed by atoms with Gasteiger partial charge in [0.15, 0.2) is 0 Å². The van der Waals surface area contributed by atoms with Gasteiger partial charge in [-0.25, -0.2) is 4.39 Å². The molecule has 0 aromatic heterocycles. The molecule has 0 saturated heterocycles. The number of unbranched alkanes of at least 4 members (excludes halogenated alkanes) is 2. The summed E-state index contributed by atoms with van der Waals surface area (Å²) in [5, 5.41) is 3.42. The molecule has 1 aromatic rings. The van der Waals surface area contributed by atoms with Gasteiger partial charge in [0.05, 0.1) is 5.69 Å². The zero-order chi connectivity index (χ0) is 19.0. The maximum atomic E-state index is 13.8. The lowest BCUT2D eigenvalue weighted by Crippen LogP contribution is -2.35. The first-order chi connectivity index (χ1) is 11.8. The maximum absolute atomic E-state index is 13.8. The number of nitrogens with two attached hydrogens (primary N) is 2. The van der Waals surface area contributed by atoms with E-state index in [1.807, 2.05) is 0 Å². The molecule has 0 aliphatic carbocycles. The topological polar surface area (TPSA) is 76.4 Å². The molecule has 0 spiro atoms. The number of hydrogen-bond donors (Lipinski definition) is 3. The highest BCUT2D eigenvalue weighted by molar-refractivity contribution is 6.12. The Kier molecular flexibility index (Phi) is 8.19. The van der Waals surface area contributed by atoms with Crippen LogP contribution in [0.1, 0.15) is 52.0 Å². The van der Waals surface area contributed by atoms with Gasteiger partial charge in [0, 0.05) is 24.4 Å². The van der Waals surface area contributed by atoms with Crippen LogP contribution in [0.2, 0.25) is 0 Å². The summed E-state index contributed by atoms with van der Waals surface area (Å²) < 4.78 is 13.8. The van der Waals surface area contributed by atoms with E-state index in [0.29, 0.717) is 28.2 Å². The molecular weight excluding hydrogens is 315 g/mol. The number of nitrogen functional groups attached to an aromatic ring is 1. The van der Waals surface area contributed by atoms with Gasteiger partial charge >= 0.3 is 0 Å². The first-order valence-corrected chi connectivity index (χ1v) is 8.76. The molecule has 0 saturated carbocycles. The number of halogens is 1. The van der Waals surface area contributed by atoms with Crippen LogP contribution in [0.3, 0.4) is 0 Å². The van der Waals surface area contributed by atoms with E-state index in [-0.39, 0.29) is 11.7 Å². The molecule has 0 radical (unpaired) electrons. The van der Waals surface area contributed by atoms with E-state index in [1.54, 1.807) is 20.0 Å². The monoisotopic (exact) mass is 346 g/mol. The molecule has 0 heterocycles. The number of aliphatic imine (C=N–C) groups is 1. The van der Waals surface area contributed by atoms with Gasteiger partial charge in [0.25, 0.3) is 0 Å². The van der Waals surface area contributed by atoms with Crippen molar-refractivity contribution in [3.63, 3.8) is 0 Å². The Bertz CT molecular complexity index is 658. The minimum atomic E-state index is -0.469. The average Bonchev–Trinajstić information content (AvgIpc) is 2.56. The van der Waals surface area contributed by atoms with Crippen LogP contribution in [-0.4, -0.2) is 18.9 Å². The van der Waals surface area contributed by atoms with Crippen LogP contribution in [0.15, 0.2) is 41.0 Å². The number of nitrogens with one attached hydrogen (secondary N) is 1. The van der Waals surface area contributed by atoms with Crippen molar-refractivity contribution >= 4 is 17.1 Å². The van der Waals surface area contributed by atoms with Crippen molar-refractivity contribution in [1.82, 2.24) is 5.32 Å². The Labute approximate surface area is 150 Å². The van der Waals surface area contributed by atoms with Gasteiger partial charge in [-0.2, -0.15) is 0 Å². The van der Waals surface area contributed by atoms with Crippen LogP contribution in [0.4, 0.5) is 10.1 Å². The summed E-state index contributed by atoms with van der Waals surface area (Å²) in [6.45, 7) is 10.2. The van der Waals surface area contributed by atoms with Crippen molar-refractivity contribution in [1.29, 1.82) is 0 Å². The van der Waals surface area contributed by atoms with Crippen molar-refractivity contribution in [2.45, 2.75) is 52.5 Å². The van der Waals surface area contributed by atoms with Gasteiger partial charge in [0.1, 0.15) is 11.7 Å². The predicted molar refractivity (Wildman–Crippen MR) is 107 cm³/mol. The third kappa shape index (κ3) is 5.93. The second-order valence-corrected chi connectivity index (χ2v) is 6.39. The molecule has 5 N–H and O–H groups in total. The van der Waals surface area contributed by atoms with Crippen molar-refractivity contribution in [3.8, 4) is 0 Å². The second-order valence-electron chi connectivity index (χ2n) is 6.39. The SMILES string of the molecule is C=C(/C(C(=NC)NC(C)CCCCC)=C(/C)N)c1ccc(N)c(F)c1. The van der Waals surface area contributed by atoms with Gasteiger partial charge in [-0.1, -0.05) is 38.8 Å². The molecule has 1 unspecified atom stereocenters. The average molecular weight is 346 g/mol. The van der Waals surface area contributed by atoms with E-state index >= 15 is 0 Å². The molecule has 0 aliphatic heterocycles. The molecule has 1 aromatic carbocycles. The van der Waals surface area contributed by atoms with E-state index in [2.05, 4.69) is 30.7 Å². The van der Waals surface area contributed by atoms with Gasteiger partial charge in [-0.05, 0) is 43.5 Å². The largest absolute Gasteiger partial charge is 0.402 e. The minimum absolute atomic E-state index is 0.110. The zero-order valence-electron chi connectivity index (χ0n) is 15.8. The van der Waals surface area contributed by atoms with Crippen molar-refractivity contribution in [2.75, 3.05) is 12.8 Å². The number of hydrogen-bond acceptors (Lipinski definition) is 3. The van der Waals surface area contributed by atoms with Crippen LogP contribution in [-0.2, 0) is 0 Å². The Morgan fingerprint density at radius 3 is 2.56 bits per heavy atom. The number of rotatable bonds is 8. The Morgan fingerprint density at radius 2 is 2.04 bits per heavy atom. The number of amidine groups is 1. The molecular formula is C20H31FN4. The molecule has 4 nitrogen and oxygen atoms in total. The fourth-order valence-electron chi connectivity index (χ4n) is 2.68. The van der Waals surface area contributed by atoms with Gasteiger partial charge in [-0.3, -0.25) is 4.99 Å². The van der Waals surface area contributed by atoms with Crippen LogP contribution in [0, 0.1) is 5.82 Å². The van der Waals surface area contributed by atoms with Crippen LogP contribution in [0.25, 0.3) is 5.57 Å². The summed E-state index contributed by atoms with van der Waals surface area (Å²) in [6, 6.07) is 4.90. The molecule has 138 valence electrons. The standard InChI is InChI=1S/C20H31FN4/c1-6-7-8-9-13(2)25-20(24-5)19(15(4)22)14(3)16-10-11-18(23)17(21)12-16/h10-13H,3,6-9,22-23H2,1-2,4-5H3,(H,24,25)/b19-15+. The lowest BCUT2D eigenvalue weighted by molar-refractivity contribution is 0.554. The maximum Gasteiger partial charge on any atom is 0.146 e. The molecule has 1 rings (SSSR count). The summed E-state index contributed by atoms with van der Waals surface area (Å²) in [5.41, 5.74) is 14.3. The quantitative estimate of drug-likeness (QED) is 0.217. The number of nitrogens with zero attached hydrogens (tertiary/aromatic N) is 1. The van der Waals surface area contributed by atoms with E-state index in [4.69, 9.17) is 11.5 Å². The first-order valence-electron chi connectivity index (χ1n) is 8.76. The van der Waals surface area contributed by atoms with Gasteiger partial charge in [-0.15, -0.1) is 0 Å². The summed E-state index contributed by atoms with van der Waals surface area (Å²) >= 11 is 0. The summed E-state index contributed by atoms with van der Waals surface area (Å²) in [4.78, 5) is 4.35. The molecule has 0 bridgehead atoms. The normalized spacial score (nSPS) is 14.0. The molecule has 0 fully saturated rings. The van der Waals surface area contributed by atoms with E-state index < -0.39 is 5.82 Å². The second kappa shape index (κ2) is 9.87. The fraction of sp³-hybridized carbons (Fsp3) is 0.450. The third-order valence-electron chi connectivity index (χ3n) is 4.13. The zero-order valence-corrected chi connectivity index (χ0v) is 15.8. The molecule has 0 aliphatic rings. The summed E-state index contributed by atoms with van der Waals surface area (Å²) in [7, 11) is 1.71. The highest BCUT2D eigenvalue weighted by Gasteiger charge is 2.17. The number of anilines is 1. The van der Waals surface area contributed by atoms with Crippen molar-refractivity contribution in [2.24, 2.45) is 10.7 Å². The van der Waals surface area contributed by atoms with Crippen molar-refractivity contribution < 1.29 is 4.39 Å². The highest BCUT2D eigenvalue weighted by atomic mass is 19.1. The van der Waals surface area contributed by atoms with Gasteiger partial charge < -0.3 is 16.8 Å². The fourth-order valence-corrected chi connectivity index (χ4v) is 2.68. The van der Waals surface area contributed by atoms with Crippen LogP contribution < -0.4 is 16.8 Å². The van der Waals surface area contributed by atoms with Gasteiger partial charge in [0.2, 0.25) is 0 Å². The predicted octanol–water partition coefficient (Wildman–Crippen LogP) is 4.24.